The van der Waals surface area contributed by atoms with E-state index in [9.17, 15) is 4.79 Å². The molecule has 1 aromatic carbocycles. The molecule has 2 aromatic rings. The van der Waals surface area contributed by atoms with E-state index in [2.05, 4.69) is 10.4 Å². The van der Waals surface area contributed by atoms with Gasteiger partial charge in [-0.05, 0) is 50.4 Å². The van der Waals surface area contributed by atoms with E-state index in [1.807, 2.05) is 34.7 Å². The third-order valence-corrected chi connectivity index (χ3v) is 5.44. The number of aryl methyl sites for hydroxylation is 1. The van der Waals surface area contributed by atoms with Crippen LogP contribution >= 0.6 is 24.0 Å². The second-order valence-electron chi connectivity index (χ2n) is 6.96. The van der Waals surface area contributed by atoms with Crippen molar-refractivity contribution in [3.8, 4) is 5.69 Å². The Kier molecular flexibility index (Phi) is 5.90. The van der Waals surface area contributed by atoms with E-state index >= 15 is 0 Å². The molecule has 1 aliphatic carbocycles. The molecule has 1 aliphatic heterocycles. The first-order valence-electron chi connectivity index (χ1n) is 8.99. The topological polar surface area (TPSA) is 50.2 Å². The SMILES string of the molecule is Cc1ccc(-n2ncc(C(=O)N3CCCNCC3)c2C2CC2)cc1Cl.Cl. The van der Waals surface area contributed by atoms with E-state index < -0.39 is 0 Å². The number of nitrogens with zero attached hydrogens (tertiary/aromatic N) is 3. The van der Waals surface area contributed by atoms with Crippen LogP contribution in [0.5, 0.6) is 0 Å². The van der Waals surface area contributed by atoms with Gasteiger partial charge in [0.1, 0.15) is 0 Å². The van der Waals surface area contributed by atoms with Crippen molar-refractivity contribution in [2.75, 3.05) is 26.2 Å². The average molecular weight is 395 g/mol. The molecule has 140 valence electrons. The molecule has 26 heavy (non-hydrogen) atoms. The Morgan fingerprint density at radius 1 is 1.27 bits per heavy atom. The van der Waals surface area contributed by atoms with Gasteiger partial charge in [-0.1, -0.05) is 17.7 Å². The van der Waals surface area contributed by atoms with Gasteiger partial charge in [-0.15, -0.1) is 12.4 Å². The van der Waals surface area contributed by atoms with Crippen molar-refractivity contribution in [1.82, 2.24) is 20.0 Å². The van der Waals surface area contributed by atoms with Crippen molar-refractivity contribution in [2.24, 2.45) is 0 Å². The smallest absolute Gasteiger partial charge is 0.257 e. The molecule has 0 unspecified atom stereocenters. The number of aromatic nitrogens is 2. The van der Waals surface area contributed by atoms with Crippen molar-refractivity contribution in [3.63, 3.8) is 0 Å². The largest absolute Gasteiger partial charge is 0.337 e. The lowest BCUT2D eigenvalue weighted by Crippen LogP contribution is -2.34. The lowest BCUT2D eigenvalue weighted by Gasteiger charge is -2.20. The summed E-state index contributed by atoms with van der Waals surface area (Å²) < 4.78 is 1.91. The standard InChI is InChI=1S/C19H23ClN4O.ClH/c1-13-3-6-15(11-17(13)20)24-18(14-4-5-14)16(12-22-24)19(25)23-9-2-7-21-8-10-23;/h3,6,11-12,14,21H,2,4-5,7-10H2,1H3;1H. The highest BCUT2D eigenvalue weighted by Crippen LogP contribution is 2.43. The van der Waals surface area contributed by atoms with E-state index in [0.717, 1.165) is 73.0 Å². The summed E-state index contributed by atoms with van der Waals surface area (Å²) in [4.78, 5) is 15.0. The summed E-state index contributed by atoms with van der Waals surface area (Å²) in [5, 5.41) is 8.62. The van der Waals surface area contributed by atoms with Gasteiger partial charge in [0.25, 0.3) is 5.91 Å². The minimum Gasteiger partial charge on any atom is -0.337 e. The van der Waals surface area contributed by atoms with Crippen molar-refractivity contribution in [1.29, 1.82) is 0 Å². The number of rotatable bonds is 3. The summed E-state index contributed by atoms with van der Waals surface area (Å²) in [6.07, 6.45) is 4.97. The fourth-order valence-electron chi connectivity index (χ4n) is 3.41. The Hall–Kier alpha value is -1.56. The van der Waals surface area contributed by atoms with Crippen LogP contribution in [0.2, 0.25) is 5.02 Å². The average Bonchev–Trinajstić information content (AvgIpc) is 3.40. The molecule has 1 saturated carbocycles. The summed E-state index contributed by atoms with van der Waals surface area (Å²) in [6.45, 7) is 5.37. The number of benzene rings is 1. The highest BCUT2D eigenvalue weighted by molar-refractivity contribution is 6.31. The Morgan fingerprint density at radius 2 is 2.08 bits per heavy atom. The van der Waals surface area contributed by atoms with Gasteiger partial charge < -0.3 is 10.2 Å². The highest BCUT2D eigenvalue weighted by Gasteiger charge is 2.34. The molecule has 1 N–H and O–H groups in total. The van der Waals surface area contributed by atoms with Crippen LogP contribution in [-0.4, -0.2) is 46.8 Å². The quantitative estimate of drug-likeness (QED) is 0.865. The zero-order valence-corrected chi connectivity index (χ0v) is 16.4. The number of hydrogen-bond acceptors (Lipinski definition) is 3. The van der Waals surface area contributed by atoms with Crippen LogP contribution in [0, 0.1) is 6.92 Å². The molecular formula is C19H24Cl2N4O. The molecule has 1 aromatic heterocycles. The molecular weight excluding hydrogens is 371 g/mol. The zero-order valence-electron chi connectivity index (χ0n) is 14.9. The number of nitrogens with one attached hydrogen (secondary N) is 1. The van der Waals surface area contributed by atoms with Crippen LogP contribution in [0.1, 0.15) is 46.8 Å². The third-order valence-electron chi connectivity index (χ3n) is 5.03. The van der Waals surface area contributed by atoms with Gasteiger partial charge in [0.2, 0.25) is 0 Å². The molecule has 1 amide bonds. The molecule has 0 bridgehead atoms. The number of halogens is 2. The normalized spacial score (nSPS) is 17.5. The molecule has 2 fully saturated rings. The fraction of sp³-hybridized carbons (Fsp3) is 0.474. The van der Waals surface area contributed by atoms with Gasteiger partial charge in [0.15, 0.2) is 0 Å². The summed E-state index contributed by atoms with van der Waals surface area (Å²) in [6, 6.07) is 5.95. The van der Waals surface area contributed by atoms with Crippen molar-refractivity contribution < 1.29 is 4.79 Å². The van der Waals surface area contributed by atoms with Gasteiger partial charge in [-0.2, -0.15) is 5.10 Å². The summed E-state index contributed by atoms with van der Waals surface area (Å²) >= 11 is 6.30. The molecule has 0 spiro atoms. The summed E-state index contributed by atoms with van der Waals surface area (Å²) in [5.41, 5.74) is 3.76. The minimum atomic E-state index is 0. The van der Waals surface area contributed by atoms with E-state index in [1.165, 1.54) is 0 Å². The first-order valence-corrected chi connectivity index (χ1v) is 9.37. The number of hydrogen-bond donors (Lipinski definition) is 1. The lowest BCUT2D eigenvalue weighted by atomic mass is 10.1. The maximum Gasteiger partial charge on any atom is 0.257 e. The van der Waals surface area contributed by atoms with Crippen LogP contribution in [0.25, 0.3) is 5.69 Å². The van der Waals surface area contributed by atoms with Crippen molar-refractivity contribution >= 4 is 29.9 Å². The Labute approximate surface area is 165 Å². The Morgan fingerprint density at radius 3 is 2.81 bits per heavy atom. The molecule has 7 heteroatoms. The van der Waals surface area contributed by atoms with Gasteiger partial charge >= 0.3 is 0 Å². The number of amides is 1. The fourth-order valence-corrected chi connectivity index (χ4v) is 3.59. The maximum absolute atomic E-state index is 13.1. The zero-order chi connectivity index (χ0) is 17.4. The minimum absolute atomic E-state index is 0. The van der Waals surface area contributed by atoms with Crippen LogP contribution in [0.15, 0.2) is 24.4 Å². The van der Waals surface area contributed by atoms with E-state index in [0.29, 0.717) is 5.92 Å². The first kappa shape index (κ1) is 19.2. The summed E-state index contributed by atoms with van der Waals surface area (Å²) in [7, 11) is 0. The number of carbonyl (C=O) groups is 1. The van der Waals surface area contributed by atoms with Crippen molar-refractivity contribution in [2.45, 2.75) is 32.1 Å². The maximum atomic E-state index is 13.1. The van der Waals surface area contributed by atoms with Gasteiger partial charge in [0, 0.05) is 30.6 Å². The predicted octanol–water partition coefficient (Wildman–Crippen LogP) is 3.57. The molecule has 2 heterocycles. The second kappa shape index (κ2) is 7.99. The lowest BCUT2D eigenvalue weighted by molar-refractivity contribution is 0.0765. The highest BCUT2D eigenvalue weighted by atomic mass is 35.5. The van der Waals surface area contributed by atoms with Crippen LogP contribution in [0.4, 0.5) is 0 Å². The van der Waals surface area contributed by atoms with E-state index in [-0.39, 0.29) is 18.3 Å². The van der Waals surface area contributed by atoms with Gasteiger partial charge in [-0.3, -0.25) is 4.79 Å². The predicted molar refractivity (Wildman–Crippen MR) is 106 cm³/mol. The van der Waals surface area contributed by atoms with Crippen LogP contribution in [0.3, 0.4) is 0 Å². The monoisotopic (exact) mass is 394 g/mol. The molecule has 5 nitrogen and oxygen atoms in total. The molecule has 0 atom stereocenters. The number of carbonyl (C=O) groups excluding carboxylic acids is 1. The molecule has 4 rings (SSSR count). The van der Waals surface area contributed by atoms with Crippen LogP contribution in [-0.2, 0) is 0 Å². The molecule has 1 saturated heterocycles. The van der Waals surface area contributed by atoms with Crippen molar-refractivity contribution in [3.05, 3.63) is 46.2 Å². The summed E-state index contributed by atoms with van der Waals surface area (Å²) in [5.74, 6) is 0.529. The van der Waals surface area contributed by atoms with Crippen LogP contribution < -0.4 is 5.32 Å². The van der Waals surface area contributed by atoms with E-state index in [4.69, 9.17) is 11.6 Å². The van der Waals surface area contributed by atoms with Gasteiger partial charge in [-0.25, -0.2) is 4.68 Å². The van der Waals surface area contributed by atoms with Gasteiger partial charge in [0.05, 0.1) is 23.1 Å². The third kappa shape index (κ3) is 3.75. The molecule has 2 aliphatic rings. The Balaban J connectivity index is 0.00000196. The second-order valence-corrected chi connectivity index (χ2v) is 7.37. The Bertz CT molecular complexity index is 793. The first-order chi connectivity index (χ1) is 12.1. The van der Waals surface area contributed by atoms with E-state index in [1.54, 1.807) is 6.20 Å². The molecule has 0 radical (unpaired) electrons.